The van der Waals surface area contributed by atoms with Crippen LogP contribution in [-0.4, -0.2) is 34.2 Å². The summed E-state index contributed by atoms with van der Waals surface area (Å²) in [6, 6.07) is 5.75. The number of benzene rings is 1. The van der Waals surface area contributed by atoms with E-state index in [2.05, 4.69) is 11.8 Å². The van der Waals surface area contributed by atoms with Gasteiger partial charge in [0.2, 0.25) is 0 Å². The van der Waals surface area contributed by atoms with Gasteiger partial charge in [-0.15, -0.1) is 0 Å². The summed E-state index contributed by atoms with van der Waals surface area (Å²) < 4.78 is 0. The maximum atomic E-state index is 10.0. The van der Waals surface area contributed by atoms with Crippen LogP contribution in [0, 0.1) is 18.3 Å². The molecule has 0 bridgehead atoms. The Morgan fingerprint density at radius 3 is 2.59 bits per heavy atom. The monoisotopic (exact) mass is 434 g/mol. The Kier molecular flexibility index (Phi) is 5.77. The van der Waals surface area contributed by atoms with Crippen LogP contribution in [0.2, 0.25) is 10.0 Å². The number of nitrogens with zero attached hydrogens (tertiary/aromatic N) is 3. The molecule has 5 nitrogen and oxygen atoms in total. The van der Waals surface area contributed by atoms with Gasteiger partial charge in [-0.25, -0.2) is 9.97 Å². The summed E-state index contributed by atoms with van der Waals surface area (Å²) in [4.78, 5) is 11.8. The largest absolute Gasteiger partial charge is 0.390 e. The highest BCUT2D eigenvalue weighted by molar-refractivity contribution is 6.43. The number of rotatable bonds is 3. The molecule has 1 saturated carbocycles. The molecule has 2 aliphatic rings. The zero-order valence-corrected chi connectivity index (χ0v) is 18.5. The van der Waals surface area contributed by atoms with E-state index in [1.165, 1.54) is 6.42 Å². The molecule has 1 aromatic carbocycles. The van der Waals surface area contributed by atoms with E-state index in [1.54, 1.807) is 6.07 Å². The van der Waals surface area contributed by atoms with Gasteiger partial charge in [-0.3, -0.25) is 0 Å². The fraction of sp³-hybridized carbons (Fsp3) is 0.545. The molecular weight excluding hydrogens is 407 g/mol. The fourth-order valence-corrected chi connectivity index (χ4v) is 5.58. The second kappa shape index (κ2) is 8.03. The highest BCUT2D eigenvalue weighted by atomic mass is 35.5. The molecule has 0 amide bonds. The molecule has 1 aromatic heterocycles. The number of aromatic nitrogens is 2. The van der Waals surface area contributed by atoms with Crippen molar-refractivity contribution in [3.63, 3.8) is 0 Å². The summed E-state index contributed by atoms with van der Waals surface area (Å²) >= 11 is 12.6. The van der Waals surface area contributed by atoms with Crippen molar-refractivity contribution in [3.05, 3.63) is 39.6 Å². The molecule has 2 fully saturated rings. The van der Waals surface area contributed by atoms with E-state index in [1.807, 2.05) is 19.1 Å². The Hall–Kier alpha value is -1.40. The van der Waals surface area contributed by atoms with Crippen LogP contribution in [0.25, 0.3) is 11.3 Å². The standard InChI is InChI=1S/C22H28Cl2N4O/c1-13-10-18(25)22(11-13)6-8-28(9-7-22)21-17(12-29)27-20(14(2)26-21)15-4-3-5-16(23)19(15)24/h3-5,13,18,29H,6-12,25H2,1-2H3/t13-,18-/m1/s1. The average molecular weight is 435 g/mol. The molecule has 2 heterocycles. The molecular formula is C22H28Cl2N4O. The fourth-order valence-electron chi connectivity index (χ4n) is 5.19. The molecule has 156 valence electrons. The van der Waals surface area contributed by atoms with Crippen molar-refractivity contribution in [1.82, 2.24) is 9.97 Å². The lowest BCUT2D eigenvalue weighted by atomic mass is 9.74. The van der Waals surface area contributed by atoms with Crippen molar-refractivity contribution < 1.29 is 5.11 Å². The van der Waals surface area contributed by atoms with Crippen molar-refractivity contribution in [1.29, 1.82) is 0 Å². The third-order valence-electron chi connectivity index (χ3n) is 6.73. The highest BCUT2D eigenvalue weighted by Gasteiger charge is 2.46. The van der Waals surface area contributed by atoms with Crippen LogP contribution in [-0.2, 0) is 6.61 Å². The van der Waals surface area contributed by atoms with E-state index < -0.39 is 0 Å². The quantitative estimate of drug-likeness (QED) is 0.738. The van der Waals surface area contributed by atoms with Gasteiger partial charge < -0.3 is 15.7 Å². The van der Waals surface area contributed by atoms with Crippen LogP contribution in [0.15, 0.2) is 18.2 Å². The van der Waals surface area contributed by atoms with Gasteiger partial charge in [-0.05, 0) is 50.0 Å². The smallest absolute Gasteiger partial charge is 0.153 e. The van der Waals surface area contributed by atoms with Crippen LogP contribution >= 0.6 is 23.2 Å². The van der Waals surface area contributed by atoms with E-state index >= 15 is 0 Å². The topological polar surface area (TPSA) is 75.3 Å². The van der Waals surface area contributed by atoms with Gasteiger partial charge in [-0.1, -0.05) is 42.3 Å². The summed E-state index contributed by atoms with van der Waals surface area (Å²) in [6.07, 6.45) is 4.46. The zero-order chi connectivity index (χ0) is 20.8. The molecule has 0 radical (unpaired) electrons. The lowest BCUT2D eigenvalue weighted by Gasteiger charge is -2.43. The maximum Gasteiger partial charge on any atom is 0.153 e. The molecule has 2 aromatic rings. The van der Waals surface area contributed by atoms with Crippen molar-refractivity contribution >= 4 is 29.0 Å². The number of anilines is 1. The first-order valence-corrected chi connectivity index (χ1v) is 11.0. The maximum absolute atomic E-state index is 10.0. The third kappa shape index (κ3) is 3.74. The van der Waals surface area contributed by atoms with E-state index in [4.69, 9.17) is 38.9 Å². The summed E-state index contributed by atoms with van der Waals surface area (Å²) in [7, 11) is 0. The van der Waals surface area contributed by atoms with Gasteiger partial charge in [0, 0.05) is 24.7 Å². The highest BCUT2D eigenvalue weighted by Crippen LogP contribution is 2.48. The van der Waals surface area contributed by atoms with Gasteiger partial charge in [-0.2, -0.15) is 0 Å². The van der Waals surface area contributed by atoms with Crippen LogP contribution in [0.4, 0.5) is 5.82 Å². The lowest BCUT2D eigenvalue weighted by Crippen LogP contribution is -2.47. The Labute approximate surface area is 182 Å². The molecule has 1 aliphatic heterocycles. The normalized spacial score (nSPS) is 23.7. The van der Waals surface area contributed by atoms with Gasteiger partial charge >= 0.3 is 0 Å². The predicted octanol–water partition coefficient (Wildman–Crippen LogP) is 4.59. The molecule has 4 rings (SSSR count). The lowest BCUT2D eigenvalue weighted by molar-refractivity contribution is 0.192. The Morgan fingerprint density at radius 1 is 1.24 bits per heavy atom. The van der Waals surface area contributed by atoms with Crippen LogP contribution in [0.5, 0.6) is 0 Å². The second-order valence-corrected chi connectivity index (χ2v) is 9.47. The molecule has 3 N–H and O–H groups in total. The average Bonchev–Trinajstić information content (AvgIpc) is 2.97. The van der Waals surface area contributed by atoms with Crippen molar-refractivity contribution in [3.8, 4) is 11.3 Å². The van der Waals surface area contributed by atoms with Gasteiger partial charge in [0.15, 0.2) is 5.82 Å². The SMILES string of the molecule is Cc1nc(N2CCC3(CC2)C[C@H](C)C[C@H]3N)c(CO)nc1-c1cccc(Cl)c1Cl. The number of aliphatic hydroxyl groups excluding tert-OH is 1. The van der Waals surface area contributed by atoms with E-state index in [0.29, 0.717) is 27.4 Å². The summed E-state index contributed by atoms with van der Waals surface area (Å²) in [5, 5.41) is 10.9. The first-order chi connectivity index (χ1) is 13.8. The van der Waals surface area contributed by atoms with Crippen LogP contribution in [0.3, 0.4) is 0 Å². The van der Waals surface area contributed by atoms with E-state index in [9.17, 15) is 5.11 Å². The van der Waals surface area contributed by atoms with Crippen LogP contribution in [0.1, 0.15) is 44.0 Å². The van der Waals surface area contributed by atoms with E-state index in [-0.39, 0.29) is 18.1 Å². The second-order valence-electron chi connectivity index (χ2n) is 8.69. The first kappa shape index (κ1) is 20.9. The number of hydrogen-bond acceptors (Lipinski definition) is 5. The van der Waals surface area contributed by atoms with Crippen molar-refractivity contribution in [2.45, 2.75) is 52.2 Å². The van der Waals surface area contributed by atoms with Crippen LogP contribution < -0.4 is 10.6 Å². The molecule has 7 heteroatoms. The summed E-state index contributed by atoms with van der Waals surface area (Å²) in [6.45, 7) is 5.83. The van der Waals surface area contributed by atoms with Gasteiger partial charge in [0.1, 0.15) is 5.69 Å². The molecule has 1 aliphatic carbocycles. The van der Waals surface area contributed by atoms with Crippen molar-refractivity contribution in [2.75, 3.05) is 18.0 Å². The number of aryl methyl sites for hydroxylation is 1. The Bertz CT molecular complexity index is 912. The van der Waals surface area contributed by atoms with Gasteiger partial charge in [0.25, 0.3) is 0 Å². The molecule has 2 atom stereocenters. The Balaban J connectivity index is 1.63. The van der Waals surface area contributed by atoms with E-state index in [0.717, 1.165) is 49.4 Å². The molecule has 29 heavy (non-hydrogen) atoms. The third-order valence-corrected chi connectivity index (χ3v) is 7.55. The number of aliphatic hydroxyl groups is 1. The van der Waals surface area contributed by atoms with Crippen molar-refractivity contribution in [2.24, 2.45) is 17.1 Å². The molecule has 1 saturated heterocycles. The summed E-state index contributed by atoms with van der Waals surface area (Å²) in [5.74, 6) is 1.47. The molecule has 1 spiro atoms. The number of hydrogen-bond donors (Lipinski definition) is 2. The minimum Gasteiger partial charge on any atom is -0.390 e. The minimum atomic E-state index is -0.175. The minimum absolute atomic E-state index is 0.175. The number of nitrogens with two attached hydrogens (primary N) is 1. The Morgan fingerprint density at radius 2 is 1.97 bits per heavy atom. The molecule has 0 unspecified atom stereocenters. The number of halogens is 2. The first-order valence-electron chi connectivity index (χ1n) is 10.3. The summed E-state index contributed by atoms with van der Waals surface area (Å²) in [5.41, 5.74) is 9.49. The zero-order valence-electron chi connectivity index (χ0n) is 17.0. The predicted molar refractivity (Wildman–Crippen MR) is 118 cm³/mol. The van der Waals surface area contributed by atoms with Gasteiger partial charge in [0.05, 0.1) is 28.0 Å². The number of piperidine rings is 1.